The number of aromatic nitrogens is 1. The molecule has 20 heavy (non-hydrogen) atoms. The van der Waals surface area contributed by atoms with Gasteiger partial charge >= 0.3 is 0 Å². The van der Waals surface area contributed by atoms with Crippen molar-refractivity contribution in [3.8, 4) is 5.75 Å². The fourth-order valence-electron chi connectivity index (χ4n) is 1.77. The lowest BCUT2D eigenvalue weighted by molar-refractivity contribution is 0.298. The summed E-state index contributed by atoms with van der Waals surface area (Å²) in [6.45, 7) is 2.56. The van der Waals surface area contributed by atoms with Crippen LogP contribution in [0.5, 0.6) is 5.75 Å². The minimum Gasteiger partial charge on any atom is -0.485 e. The fourth-order valence-corrected chi connectivity index (χ4v) is 3.82. The predicted octanol–water partition coefficient (Wildman–Crippen LogP) is 4.53. The highest BCUT2D eigenvalue weighted by Crippen LogP contribution is 2.35. The number of benzene rings is 1. The summed E-state index contributed by atoms with van der Waals surface area (Å²) in [5.41, 5.74) is 9.93. The van der Waals surface area contributed by atoms with Crippen LogP contribution >= 0.6 is 43.2 Å². The Hall–Kier alpha value is -0.430. The highest BCUT2D eigenvalue weighted by Gasteiger charge is 2.11. The highest BCUT2D eigenvalue weighted by molar-refractivity contribution is 9.11. The smallest absolute Gasteiger partial charge is 0.148 e. The molecule has 0 radical (unpaired) electrons. The Morgan fingerprint density at radius 2 is 2.05 bits per heavy atom. The summed E-state index contributed by atoms with van der Waals surface area (Å²) in [6.07, 6.45) is 1.83. The second kappa shape index (κ2) is 7.54. The first-order valence-electron chi connectivity index (χ1n) is 6.33. The molecule has 0 aliphatic carbocycles. The zero-order chi connectivity index (χ0) is 14.5. The SMILES string of the molecule is CCC(N)Cc1cc(Br)c(OCc2cscn2)c(Br)c1. The predicted molar refractivity (Wildman–Crippen MR) is 90.3 cm³/mol. The molecular formula is C14H16Br2N2OS. The van der Waals surface area contributed by atoms with Crippen LogP contribution in [-0.2, 0) is 13.0 Å². The van der Waals surface area contributed by atoms with Crippen LogP contribution in [-0.4, -0.2) is 11.0 Å². The number of hydrogen-bond acceptors (Lipinski definition) is 4. The molecule has 6 heteroatoms. The van der Waals surface area contributed by atoms with E-state index in [0.29, 0.717) is 6.61 Å². The molecule has 0 spiro atoms. The van der Waals surface area contributed by atoms with Gasteiger partial charge in [-0.05, 0) is 62.4 Å². The van der Waals surface area contributed by atoms with E-state index in [4.69, 9.17) is 10.5 Å². The van der Waals surface area contributed by atoms with E-state index in [1.807, 2.05) is 5.38 Å². The lowest BCUT2D eigenvalue weighted by Crippen LogP contribution is -2.21. The first-order chi connectivity index (χ1) is 9.60. The van der Waals surface area contributed by atoms with Crippen LogP contribution in [0.2, 0.25) is 0 Å². The van der Waals surface area contributed by atoms with Crippen molar-refractivity contribution in [2.75, 3.05) is 0 Å². The van der Waals surface area contributed by atoms with Gasteiger partial charge in [-0.3, -0.25) is 0 Å². The van der Waals surface area contributed by atoms with E-state index in [1.165, 1.54) is 5.56 Å². The molecule has 0 aliphatic heterocycles. The minimum absolute atomic E-state index is 0.190. The van der Waals surface area contributed by atoms with Gasteiger partial charge in [-0.1, -0.05) is 6.92 Å². The van der Waals surface area contributed by atoms with E-state index in [2.05, 4.69) is 55.9 Å². The Balaban J connectivity index is 2.10. The zero-order valence-electron chi connectivity index (χ0n) is 11.1. The second-order valence-electron chi connectivity index (χ2n) is 4.53. The summed E-state index contributed by atoms with van der Waals surface area (Å²) in [5.74, 6) is 0.798. The summed E-state index contributed by atoms with van der Waals surface area (Å²) >= 11 is 8.69. The molecule has 1 heterocycles. The molecule has 3 nitrogen and oxygen atoms in total. The lowest BCUT2D eigenvalue weighted by atomic mass is 10.0. The molecule has 1 unspecified atom stereocenters. The maximum absolute atomic E-state index is 6.00. The van der Waals surface area contributed by atoms with E-state index >= 15 is 0 Å². The van der Waals surface area contributed by atoms with Crippen LogP contribution < -0.4 is 10.5 Å². The number of hydrogen-bond donors (Lipinski definition) is 1. The molecule has 2 rings (SSSR count). The van der Waals surface area contributed by atoms with Crippen molar-refractivity contribution >= 4 is 43.2 Å². The third kappa shape index (κ3) is 4.28. The molecule has 0 fully saturated rings. The van der Waals surface area contributed by atoms with Crippen molar-refractivity contribution in [3.05, 3.63) is 43.2 Å². The Morgan fingerprint density at radius 1 is 1.35 bits per heavy atom. The molecule has 0 bridgehead atoms. The van der Waals surface area contributed by atoms with Crippen molar-refractivity contribution in [1.82, 2.24) is 4.98 Å². The normalized spacial score (nSPS) is 12.4. The van der Waals surface area contributed by atoms with E-state index < -0.39 is 0 Å². The number of ether oxygens (including phenoxy) is 1. The van der Waals surface area contributed by atoms with Crippen LogP contribution in [0.15, 0.2) is 32.0 Å². The van der Waals surface area contributed by atoms with Crippen molar-refractivity contribution in [3.63, 3.8) is 0 Å². The van der Waals surface area contributed by atoms with Gasteiger partial charge in [0.15, 0.2) is 0 Å². The molecule has 1 aromatic carbocycles. The molecular weight excluding hydrogens is 404 g/mol. The highest BCUT2D eigenvalue weighted by atomic mass is 79.9. The third-order valence-electron chi connectivity index (χ3n) is 2.93. The van der Waals surface area contributed by atoms with Crippen LogP contribution in [0.25, 0.3) is 0 Å². The van der Waals surface area contributed by atoms with Gasteiger partial charge in [0.05, 0.1) is 20.1 Å². The number of nitrogens with two attached hydrogens (primary N) is 1. The van der Waals surface area contributed by atoms with E-state index in [0.717, 1.165) is 33.2 Å². The Labute approximate surface area is 139 Å². The Bertz CT molecular complexity index is 537. The summed E-state index contributed by atoms with van der Waals surface area (Å²) in [5, 5.41) is 1.98. The molecule has 2 aromatic rings. The van der Waals surface area contributed by atoms with Gasteiger partial charge < -0.3 is 10.5 Å². The number of rotatable bonds is 6. The van der Waals surface area contributed by atoms with Gasteiger partial charge in [0.2, 0.25) is 0 Å². The Morgan fingerprint density at radius 3 is 2.60 bits per heavy atom. The van der Waals surface area contributed by atoms with E-state index in [-0.39, 0.29) is 6.04 Å². The maximum atomic E-state index is 6.00. The number of halogens is 2. The minimum atomic E-state index is 0.190. The van der Waals surface area contributed by atoms with Crippen LogP contribution in [0.1, 0.15) is 24.6 Å². The van der Waals surface area contributed by atoms with Crippen molar-refractivity contribution in [1.29, 1.82) is 0 Å². The molecule has 1 aromatic heterocycles. The number of thiazole rings is 1. The van der Waals surface area contributed by atoms with Gasteiger partial charge in [-0.15, -0.1) is 11.3 Å². The van der Waals surface area contributed by atoms with Crippen LogP contribution in [0.4, 0.5) is 0 Å². The van der Waals surface area contributed by atoms with Gasteiger partial charge in [0.25, 0.3) is 0 Å². The number of nitrogens with zero attached hydrogens (tertiary/aromatic N) is 1. The molecule has 108 valence electrons. The van der Waals surface area contributed by atoms with E-state index in [1.54, 1.807) is 16.8 Å². The second-order valence-corrected chi connectivity index (χ2v) is 6.96. The third-order valence-corrected chi connectivity index (χ3v) is 4.74. The summed E-state index contributed by atoms with van der Waals surface area (Å²) in [4.78, 5) is 4.21. The topological polar surface area (TPSA) is 48.1 Å². The van der Waals surface area contributed by atoms with Crippen LogP contribution in [0.3, 0.4) is 0 Å². The molecule has 0 amide bonds. The van der Waals surface area contributed by atoms with Gasteiger partial charge in [0.1, 0.15) is 12.4 Å². The van der Waals surface area contributed by atoms with Crippen LogP contribution in [0, 0.1) is 0 Å². The van der Waals surface area contributed by atoms with Crippen molar-refractivity contribution in [2.24, 2.45) is 5.73 Å². The standard InChI is InChI=1S/C14H16Br2N2OS/c1-2-10(17)3-9-4-12(15)14(13(16)5-9)19-6-11-7-20-8-18-11/h4-5,7-8,10H,2-3,6,17H2,1H3. The van der Waals surface area contributed by atoms with Gasteiger partial charge in [-0.2, -0.15) is 0 Å². The fraction of sp³-hybridized carbons (Fsp3) is 0.357. The lowest BCUT2D eigenvalue weighted by Gasteiger charge is -2.13. The molecule has 0 saturated carbocycles. The van der Waals surface area contributed by atoms with Gasteiger partial charge in [0, 0.05) is 11.4 Å². The summed E-state index contributed by atoms with van der Waals surface area (Å²) in [6, 6.07) is 4.32. The summed E-state index contributed by atoms with van der Waals surface area (Å²) < 4.78 is 7.68. The first-order valence-corrected chi connectivity index (χ1v) is 8.86. The Kier molecular flexibility index (Phi) is 6.01. The quantitative estimate of drug-likeness (QED) is 0.748. The molecule has 0 aliphatic rings. The monoisotopic (exact) mass is 418 g/mol. The zero-order valence-corrected chi connectivity index (χ0v) is 15.1. The van der Waals surface area contributed by atoms with Gasteiger partial charge in [-0.25, -0.2) is 4.98 Å². The average molecular weight is 420 g/mol. The van der Waals surface area contributed by atoms with Crippen molar-refractivity contribution in [2.45, 2.75) is 32.4 Å². The maximum Gasteiger partial charge on any atom is 0.148 e. The largest absolute Gasteiger partial charge is 0.485 e. The first kappa shape index (κ1) is 15.9. The molecule has 2 N–H and O–H groups in total. The molecule has 1 atom stereocenters. The average Bonchev–Trinajstić information content (AvgIpc) is 2.90. The summed E-state index contributed by atoms with van der Waals surface area (Å²) in [7, 11) is 0. The van der Waals surface area contributed by atoms with E-state index in [9.17, 15) is 0 Å². The van der Waals surface area contributed by atoms with Crippen molar-refractivity contribution < 1.29 is 4.74 Å². The molecule has 0 saturated heterocycles.